The molecule has 6 aromatic rings. The average Bonchev–Trinajstić information content (AvgIpc) is 3.61. The molecular weight excluding hydrogens is 583 g/mol. The maximum Gasteiger partial charge on any atom is 0.163 e. The summed E-state index contributed by atoms with van der Waals surface area (Å²) < 4.78 is 0. The quantitative estimate of drug-likeness (QED) is 0.195. The van der Waals surface area contributed by atoms with Gasteiger partial charge < -0.3 is 4.90 Å². The molecular formula is C45H33N3. The van der Waals surface area contributed by atoms with Crippen LogP contribution in [-0.2, 0) is 5.41 Å². The van der Waals surface area contributed by atoms with E-state index < -0.39 is 5.41 Å². The van der Waals surface area contributed by atoms with Crippen LogP contribution in [0.4, 0.5) is 0 Å². The molecule has 9 rings (SSSR count). The molecule has 0 radical (unpaired) electrons. The van der Waals surface area contributed by atoms with E-state index in [1.165, 1.54) is 55.3 Å². The fraction of sp³-hybridized carbons (Fsp3) is 0.0667. The Morgan fingerprint density at radius 3 is 1.83 bits per heavy atom. The molecule has 1 heterocycles. The molecule has 0 atom stereocenters. The summed E-state index contributed by atoms with van der Waals surface area (Å²) >= 11 is 0. The summed E-state index contributed by atoms with van der Waals surface area (Å²) in [6, 6.07) is 52.2. The molecule has 3 heteroatoms. The number of hydrogen-bond acceptors (Lipinski definition) is 3. The Morgan fingerprint density at radius 2 is 1.15 bits per heavy atom. The van der Waals surface area contributed by atoms with E-state index in [0.717, 1.165) is 22.8 Å². The standard InChI is InChI=1S/C45H33N3/c1-3-4-20-37-36-23-12-15-26-40(36)45(38-24-13-10-21-34(38)35-22-11-14-25-39(35)45)41(37)44-47-42(33-28-27-30-16-8-9-19-32(30)29-33)46-43(48(44)2)31-17-6-5-7-18-31/h3-29H,1-2H3/b4-3-,37-20-,44-41-. The monoisotopic (exact) mass is 615 g/mol. The molecule has 0 amide bonds. The third-order valence-electron chi connectivity index (χ3n) is 10.00. The van der Waals surface area contributed by atoms with Gasteiger partial charge in [-0.05, 0) is 62.7 Å². The highest BCUT2D eigenvalue weighted by Gasteiger charge is 2.55. The maximum absolute atomic E-state index is 5.57. The van der Waals surface area contributed by atoms with E-state index in [0.29, 0.717) is 5.84 Å². The van der Waals surface area contributed by atoms with Gasteiger partial charge in [0.05, 0.1) is 5.41 Å². The van der Waals surface area contributed by atoms with Crippen molar-refractivity contribution in [2.24, 2.45) is 9.98 Å². The second-order valence-corrected chi connectivity index (χ2v) is 12.5. The molecule has 0 N–H and O–H groups in total. The van der Waals surface area contributed by atoms with Crippen molar-refractivity contribution < 1.29 is 0 Å². The van der Waals surface area contributed by atoms with Gasteiger partial charge in [-0.3, -0.25) is 0 Å². The summed E-state index contributed by atoms with van der Waals surface area (Å²) in [5, 5.41) is 2.36. The third kappa shape index (κ3) is 4.01. The summed E-state index contributed by atoms with van der Waals surface area (Å²) in [6.07, 6.45) is 6.53. The van der Waals surface area contributed by atoms with Crippen LogP contribution < -0.4 is 0 Å². The second kappa shape index (κ2) is 11.0. The predicted octanol–water partition coefficient (Wildman–Crippen LogP) is 10.2. The largest absolute Gasteiger partial charge is 0.313 e. The highest BCUT2D eigenvalue weighted by atomic mass is 15.3. The Balaban J connectivity index is 1.43. The van der Waals surface area contributed by atoms with Crippen molar-refractivity contribution in [3.05, 3.63) is 209 Å². The zero-order valence-electron chi connectivity index (χ0n) is 26.9. The Labute approximate surface area is 281 Å². The fourth-order valence-electron chi connectivity index (χ4n) is 7.97. The molecule has 0 saturated heterocycles. The van der Waals surface area contributed by atoms with E-state index >= 15 is 0 Å². The topological polar surface area (TPSA) is 28.0 Å². The molecule has 228 valence electrons. The van der Waals surface area contributed by atoms with E-state index in [1.807, 2.05) is 0 Å². The molecule has 0 unspecified atom stereocenters. The van der Waals surface area contributed by atoms with E-state index in [-0.39, 0.29) is 0 Å². The molecule has 3 nitrogen and oxygen atoms in total. The van der Waals surface area contributed by atoms with Gasteiger partial charge in [-0.15, -0.1) is 0 Å². The van der Waals surface area contributed by atoms with Crippen LogP contribution in [0.15, 0.2) is 185 Å². The highest BCUT2D eigenvalue weighted by Crippen LogP contribution is 2.64. The van der Waals surface area contributed by atoms with E-state index in [1.54, 1.807) is 0 Å². The van der Waals surface area contributed by atoms with Crippen LogP contribution >= 0.6 is 0 Å². The lowest BCUT2D eigenvalue weighted by atomic mass is 9.70. The van der Waals surface area contributed by atoms with Crippen LogP contribution in [-0.4, -0.2) is 23.6 Å². The normalized spacial score (nSPS) is 18.3. The Hall–Kier alpha value is -6.06. The van der Waals surface area contributed by atoms with Gasteiger partial charge in [-0.1, -0.05) is 158 Å². The van der Waals surface area contributed by atoms with Gasteiger partial charge in [-0.2, -0.15) is 0 Å². The zero-order valence-corrected chi connectivity index (χ0v) is 26.9. The molecule has 2 aliphatic carbocycles. The van der Waals surface area contributed by atoms with E-state index in [4.69, 9.17) is 9.98 Å². The van der Waals surface area contributed by atoms with Crippen LogP contribution in [0.2, 0.25) is 0 Å². The number of fused-ring (bicyclic) bond motifs is 8. The molecule has 3 aliphatic rings. The van der Waals surface area contributed by atoms with Gasteiger partial charge in [0.15, 0.2) is 5.84 Å². The van der Waals surface area contributed by atoms with Crippen LogP contribution in [0.1, 0.15) is 40.3 Å². The molecule has 1 spiro atoms. The van der Waals surface area contributed by atoms with Crippen molar-refractivity contribution in [3.63, 3.8) is 0 Å². The first-order valence-electron chi connectivity index (χ1n) is 16.5. The lowest BCUT2D eigenvalue weighted by Gasteiger charge is -2.35. The fourth-order valence-corrected chi connectivity index (χ4v) is 7.97. The minimum atomic E-state index is -0.572. The smallest absolute Gasteiger partial charge is 0.163 e. The van der Waals surface area contributed by atoms with Crippen LogP contribution in [0.5, 0.6) is 0 Å². The molecule has 0 aromatic heterocycles. The Bertz CT molecular complexity index is 2380. The average molecular weight is 616 g/mol. The van der Waals surface area contributed by atoms with Gasteiger partial charge in [0.1, 0.15) is 11.7 Å². The van der Waals surface area contributed by atoms with Crippen LogP contribution in [0, 0.1) is 0 Å². The van der Waals surface area contributed by atoms with Gasteiger partial charge >= 0.3 is 0 Å². The first-order valence-corrected chi connectivity index (χ1v) is 16.5. The first kappa shape index (κ1) is 28.2. The van der Waals surface area contributed by atoms with Gasteiger partial charge in [0.2, 0.25) is 0 Å². The number of rotatable bonds is 3. The zero-order chi connectivity index (χ0) is 32.2. The summed E-state index contributed by atoms with van der Waals surface area (Å²) in [7, 11) is 2.12. The number of aliphatic imine (C=N–C) groups is 2. The number of nitrogens with zero attached hydrogens (tertiary/aromatic N) is 3. The number of allylic oxidation sites excluding steroid dienone is 5. The van der Waals surface area contributed by atoms with Gasteiger partial charge in [0.25, 0.3) is 0 Å². The molecule has 48 heavy (non-hydrogen) atoms. The van der Waals surface area contributed by atoms with Crippen molar-refractivity contribution >= 4 is 28.0 Å². The highest BCUT2D eigenvalue weighted by molar-refractivity contribution is 6.15. The first-order chi connectivity index (χ1) is 23.7. The minimum absolute atomic E-state index is 0.572. The summed E-state index contributed by atoms with van der Waals surface area (Å²) in [5.41, 5.74) is 11.4. The SMILES string of the molecule is C\C=C/C=C1\C(=C2/N=C(c3ccc4ccccc4c3)N=C(c3ccccc3)N2C)C2(c3ccccc31)c1ccccc1-c1ccccc12. The lowest BCUT2D eigenvalue weighted by molar-refractivity contribution is 0.588. The predicted molar refractivity (Wildman–Crippen MR) is 199 cm³/mol. The summed E-state index contributed by atoms with van der Waals surface area (Å²) in [4.78, 5) is 13.1. The second-order valence-electron chi connectivity index (χ2n) is 12.5. The van der Waals surface area contributed by atoms with Crippen molar-refractivity contribution in [1.29, 1.82) is 0 Å². The van der Waals surface area contributed by atoms with E-state index in [2.05, 4.69) is 183 Å². The Kier molecular flexibility index (Phi) is 6.48. The molecule has 0 fully saturated rings. The maximum atomic E-state index is 5.57. The number of amidine groups is 2. The Morgan fingerprint density at radius 1 is 0.562 bits per heavy atom. The summed E-state index contributed by atoms with van der Waals surface area (Å²) in [6.45, 7) is 2.07. The van der Waals surface area contributed by atoms with Gasteiger partial charge in [0, 0.05) is 23.7 Å². The third-order valence-corrected chi connectivity index (χ3v) is 10.00. The number of benzene rings is 6. The minimum Gasteiger partial charge on any atom is -0.313 e. The van der Waals surface area contributed by atoms with Crippen molar-refractivity contribution in [1.82, 2.24) is 4.90 Å². The van der Waals surface area contributed by atoms with E-state index in [9.17, 15) is 0 Å². The van der Waals surface area contributed by atoms with Crippen LogP contribution in [0.3, 0.4) is 0 Å². The van der Waals surface area contributed by atoms with Gasteiger partial charge in [-0.25, -0.2) is 9.98 Å². The summed E-state index contributed by atoms with van der Waals surface area (Å²) in [5.74, 6) is 2.47. The van der Waals surface area contributed by atoms with Crippen molar-refractivity contribution in [2.45, 2.75) is 12.3 Å². The van der Waals surface area contributed by atoms with Crippen molar-refractivity contribution in [3.8, 4) is 11.1 Å². The lowest BCUT2D eigenvalue weighted by Crippen LogP contribution is -2.36. The number of hydrogen-bond donors (Lipinski definition) is 0. The van der Waals surface area contributed by atoms with Crippen LogP contribution in [0.25, 0.3) is 27.5 Å². The molecule has 1 aliphatic heterocycles. The molecule has 6 aromatic carbocycles. The molecule has 0 bridgehead atoms. The van der Waals surface area contributed by atoms with Crippen molar-refractivity contribution in [2.75, 3.05) is 7.05 Å². The molecule has 0 saturated carbocycles.